The van der Waals surface area contributed by atoms with E-state index < -0.39 is 0 Å². The monoisotopic (exact) mass is 294 g/mol. The average molecular weight is 294 g/mol. The first-order chi connectivity index (χ1) is 10.6. The number of ether oxygens (including phenoxy) is 1. The number of carbonyl (C=O) groups is 1. The molecule has 0 bridgehead atoms. The summed E-state index contributed by atoms with van der Waals surface area (Å²) in [5.41, 5.74) is 3.56. The van der Waals surface area contributed by atoms with Crippen LogP contribution >= 0.6 is 0 Å². The maximum atomic E-state index is 12.3. The Labute approximate surface area is 132 Å². The number of Topliss-reactive ketones (excluding diaryl/α,β-unsaturated/α-hetero) is 1. The van der Waals surface area contributed by atoms with E-state index in [9.17, 15) is 4.79 Å². The summed E-state index contributed by atoms with van der Waals surface area (Å²) in [7, 11) is 0. The second kappa shape index (κ2) is 7.71. The van der Waals surface area contributed by atoms with E-state index in [0.29, 0.717) is 18.6 Å². The second-order valence-corrected chi connectivity index (χ2v) is 5.48. The minimum Gasteiger partial charge on any atom is -0.378 e. The molecule has 0 N–H and O–H groups in total. The lowest BCUT2D eigenvalue weighted by molar-refractivity contribution is -0.115. The van der Waals surface area contributed by atoms with Gasteiger partial charge in [-0.3, -0.25) is 4.79 Å². The van der Waals surface area contributed by atoms with Crippen LogP contribution in [0.2, 0.25) is 0 Å². The van der Waals surface area contributed by atoms with E-state index in [0.717, 1.165) is 16.7 Å². The first-order valence-electron chi connectivity index (χ1n) is 7.58. The summed E-state index contributed by atoms with van der Waals surface area (Å²) in [6.45, 7) is 8.36. The third-order valence-electron chi connectivity index (χ3n) is 3.45. The van der Waals surface area contributed by atoms with Gasteiger partial charge in [-0.25, -0.2) is 0 Å². The molecule has 0 atom stereocenters. The molecule has 2 aromatic rings. The Balaban J connectivity index is 2.18. The second-order valence-electron chi connectivity index (χ2n) is 5.48. The first kappa shape index (κ1) is 16.2. The van der Waals surface area contributed by atoms with Crippen LogP contribution < -0.4 is 0 Å². The van der Waals surface area contributed by atoms with Gasteiger partial charge in [-0.15, -0.1) is 0 Å². The van der Waals surface area contributed by atoms with Crippen LogP contribution in [-0.4, -0.2) is 18.5 Å². The van der Waals surface area contributed by atoms with Crippen LogP contribution in [0.1, 0.15) is 25.8 Å². The zero-order valence-electron chi connectivity index (χ0n) is 13.2. The molecular weight excluding hydrogens is 272 g/mol. The Morgan fingerprint density at radius 3 is 2.36 bits per heavy atom. The molecule has 2 nitrogen and oxygen atoms in total. The lowest BCUT2D eigenvalue weighted by Crippen LogP contribution is -2.10. The van der Waals surface area contributed by atoms with Crippen LogP contribution in [0.5, 0.6) is 0 Å². The predicted molar refractivity (Wildman–Crippen MR) is 91.6 cm³/mol. The first-order valence-corrected chi connectivity index (χ1v) is 7.58. The molecule has 2 heteroatoms. The minimum atomic E-state index is 0.0315. The van der Waals surface area contributed by atoms with Gasteiger partial charge in [0, 0.05) is 12.0 Å². The van der Waals surface area contributed by atoms with E-state index in [4.69, 9.17) is 4.74 Å². The summed E-state index contributed by atoms with van der Waals surface area (Å²) in [6.07, 6.45) is 0.498. The largest absolute Gasteiger partial charge is 0.378 e. The molecular formula is C20H22O2. The van der Waals surface area contributed by atoms with Crippen LogP contribution in [0.15, 0.2) is 61.2 Å². The lowest BCUT2D eigenvalue weighted by atomic mass is 9.92. The molecule has 2 rings (SSSR count). The summed E-state index contributed by atoms with van der Waals surface area (Å²) in [4.78, 5) is 12.3. The Bertz CT molecular complexity index is 642. The maximum Gasteiger partial charge on any atom is 0.165 e. The molecule has 0 heterocycles. The zero-order valence-corrected chi connectivity index (χ0v) is 13.2. The van der Waals surface area contributed by atoms with Crippen LogP contribution in [0.3, 0.4) is 0 Å². The Kier molecular flexibility index (Phi) is 5.68. The summed E-state index contributed by atoms with van der Waals surface area (Å²) < 4.78 is 5.45. The van der Waals surface area contributed by atoms with Gasteiger partial charge in [0.1, 0.15) is 0 Å². The molecule has 0 spiro atoms. The highest BCUT2D eigenvalue weighted by atomic mass is 16.5. The molecule has 0 fully saturated rings. The van der Waals surface area contributed by atoms with Gasteiger partial charge >= 0.3 is 0 Å². The van der Waals surface area contributed by atoms with Crippen molar-refractivity contribution in [1.29, 1.82) is 0 Å². The standard InChI is InChI=1S/C20H22O2/c1-15(2)22-14-13-20(21)16(3)18-11-7-8-12-19(18)17-9-5-4-6-10-17/h4-12,15H,3,13-14H2,1-2H3. The molecule has 0 aliphatic carbocycles. The molecule has 0 unspecified atom stereocenters. The summed E-state index contributed by atoms with van der Waals surface area (Å²) in [5, 5.41) is 0. The fraction of sp³-hybridized carbons (Fsp3) is 0.250. The number of rotatable bonds is 7. The highest BCUT2D eigenvalue weighted by molar-refractivity contribution is 6.21. The van der Waals surface area contributed by atoms with Crippen molar-refractivity contribution in [2.24, 2.45) is 0 Å². The summed E-state index contributed by atoms with van der Waals surface area (Å²) >= 11 is 0. The Morgan fingerprint density at radius 1 is 1.05 bits per heavy atom. The highest BCUT2D eigenvalue weighted by Gasteiger charge is 2.14. The van der Waals surface area contributed by atoms with Gasteiger partial charge in [-0.05, 0) is 30.5 Å². The normalized spacial score (nSPS) is 10.7. The zero-order chi connectivity index (χ0) is 15.9. The molecule has 22 heavy (non-hydrogen) atoms. The third kappa shape index (κ3) is 4.15. The fourth-order valence-electron chi connectivity index (χ4n) is 2.30. The van der Waals surface area contributed by atoms with Crippen molar-refractivity contribution < 1.29 is 9.53 Å². The lowest BCUT2D eigenvalue weighted by Gasteiger charge is -2.12. The number of ketones is 1. The van der Waals surface area contributed by atoms with Gasteiger partial charge in [0.05, 0.1) is 12.7 Å². The molecule has 0 radical (unpaired) electrons. The van der Waals surface area contributed by atoms with E-state index in [1.165, 1.54) is 0 Å². The van der Waals surface area contributed by atoms with Crippen molar-refractivity contribution in [2.75, 3.05) is 6.61 Å². The SMILES string of the molecule is C=C(C(=O)CCOC(C)C)c1ccccc1-c1ccccc1. The molecule has 2 aromatic carbocycles. The van der Waals surface area contributed by atoms with Crippen molar-refractivity contribution >= 4 is 11.4 Å². The van der Waals surface area contributed by atoms with Crippen molar-refractivity contribution in [3.63, 3.8) is 0 Å². The number of carbonyl (C=O) groups excluding carboxylic acids is 1. The number of hydrogen-bond donors (Lipinski definition) is 0. The topological polar surface area (TPSA) is 26.3 Å². The number of hydrogen-bond acceptors (Lipinski definition) is 2. The van der Waals surface area contributed by atoms with Crippen LogP contribution in [0.25, 0.3) is 16.7 Å². The summed E-state index contributed by atoms with van der Waals surface area (Å²) in [6, 6.07) is 17.9. The number of allylic oxidation sites excluding steroid dienone is 1. The van der Waals surface area contributed by atoms with Gasteiger partial charge in [0.25, 0.3) is 0 Å². The van der Waals surface area contributed by atoms with Crippen LogP contribution in [0.4, 0.5) is 0 Å². The van der Waals surface area contributed by atoms with Gasteiger partial charge in [-0.2, -0.15) is 0 Å². The third-order valence-corrected chi connectivity index (χ3v) is 3.45. The molecule has 0 aliphatic heterocycles. The van der Waals surface area contributed by atoms with Gasteiger partial charge in [-0.1, -0.05) is 61.2 Å². The average Bonchev–Trinajstić information content (AvgIpc) is 2.54. The predicted octanol–water partition coefficient (Wildman–Crippen LogP) is 4.75. The molecule has 0 amide bonds. The van der Waals surface area contributed by atoms with Gasteiger partial charge < -0.3 is 4.74 Å². The molecule has 0 saturated carbocycles. The Hall–Kier alpha value is -2.19. The minimum absolute atomic E-state index is 0.0315. The van der Waals surface area contributed by atoms with E-state index in [1.807, 2.05) is 68.4 Å². The van der Waals surface area contributed by atoms with E-state index in [2.05, 4.69) is 6.58 Å². The van der Waals surface area contributed by atoms with E-state index >= 15 is 0 Å². The maximum absolute atomic E-state index is 12.3. The van der Waals surface area contributed by atoms with Crippen LogP contribution in [-0.2, 0) is 9.53 Å². The quantitative estimate of drug-likeness (QED) is 0.689. The molecule has 0 aromatic heterocycles. The fourth-order valence-corrected chi connectivity index (χ4v) is 2.30. The molecule has 114 valence electrons. The highest BCUT2D eigenvalue weighted by Crippen LogP contribution is 2.28. The molecule has 0 saturated heterocycles. The van der Waals surface area contributed by atoms with E-state index in [-0.39, 0.29) is 11.9 Å². The van der Waals surface area contributed by atoms with Crippen molar-refractivity contribution in [1.82, 2.24) is 0 Å². The number of benzene rings is 2. The van der Waals surface area contributed by atoms with Crippen LogP contribution in [0, 0.1) is 0 Å². The van der Waals surface area contributed by atoms with Crippen molar-refractivity contribution in [3.8, 4) is 11.1 Å². The van der Waals surface area contributed by atoms with Crippen molar-refractivity contribution in [3.05, 3.63) is 66.7 Å². The van der Waals surface area contributed by atoms with E-state index in [1.54, 1.807) is 0 Å². The van der Waals surface area contributed by atoms with Gasteiger partial charge in [0.2, 0.25) is 0 Å². The smallest absolute Gasteiger partial charge is 0.165 e. The van der Waals surface area contributed by atoms with Gasteiger partial charge in [0.15, 0.2) is 5.78 Å². The summed E-state index contributed by atoms with van der Waals surface area (Å²) in [5.74, 6) is 0.0315. The Morgan fingerprint density at radius 2 is 1.68 bits per heavy atom. The van der Waals surface area contributed by atoms with Crippen molar-refractivity contribution in [2.45, 2.75) is 26.4 Å². The molecule has 0 aliphatic rings.